The van der Waals surface area contributed by atoms with Gasteiger partial charge in [0.15, 0.2) is 0 Å². The quantitative estimate of drug-likeness (QED) is 0.663. The van der Waals surface area contributed by atoms with Crippen molar-refractivity contribution in [1.82, 2.24) is 5.32 Å². The van der Waals surface area contributed by atoms with E-state index in [4.69, 9.17) is 9.84 Å². The predicted octanol–water partition coefficient (Wildman–Crippen LogP) is 2.70. The van der Waals surface area contributed by atoms with E-state index in [1.807, 2.05) is 0 Å². The van der Waals surface area contributed by atoms with Gasteiger partial charge in [-0.25, -0.2) is 9.59 Å². The first-order valence-electron chi connectivity index (χ1n) is 6.11. The van der Waals surface area contributed by atoms with Crippen molar-refractivity contribution in [3.63, 3.8) is 0 Å². The third kappa shape index (κ3) is 5.58. The Hall–Kier alpha value is -1.60. The standard InChI is InChI=1S/C13H17BrN2O4/c1-20-7-3-2-6-15-13(19)16-11-5-4-9(14)8-10(11)12(17)18/h4-5,8H,2-3,6-7H2,1H3,(H,17,18)(H2,15,16,19). The molecular weight excluding hydrogens is 328 g/mol. The van der Waals surface area contributed by atoms with E-state index in [-0.39, 0.29) is 11.3 Å². The molecule has 0 aliphatic heterocycles. The van der Waals surface area contributed by atoms with Crippen LogP contribution in [-0.2, 0) is 4.74 Å². The molecule has 0 saturated heterocycles. The van der Waals surface area contributed by atoms with E-state index in [0.717, 1.165) is 12.8 Å². The molecule has 110 valence electrons. The number of nitrogens with one attached hydrogen (secondary N) is 2. The van der Waals surface area contributed by atoms with Crippen LogP contribution in [0.25, 0.3) is 0 Å². The maximum absolute atomic E-state index is 11.6. The fourth-order valence-electron chi connectivity index (χ4n) is 1.54. The number of carbonyl (C=O) groups is 2. The number of aromatic carboxylic acids is 1. The maximum atomic E-state index is 11.6. The summed E-state index contributed by atoms with van der Waals surface area (Å²) in [6.07, 6.45) is 1.66. The highest BCUT2D eigenvalue weighted by atomic mass is 79.9. The van der Waals surface area contributed by atoms with Gasteiger partial charge in [-0.05, 0) is 31.0 Å². The minimum atomic E-state index is -1.10. The second-order valence-corrected chi connectivity index (χ2v) is 4.99. The second kappa shape index (κ2) is 8.55. The molecule has 0 saturated carbocycles. The van der Waals surface area contributed by atoms with Gasteiger partial charge in [-0.15, -0.1) is 0 Å². The van der Waals surface area contributed by atoms with Gasteiger partial charge in [-0.1, -0.05) is 15.9 Å². The summed E-state index contributed by atoms with van der Waals surface area (Å²) in [4.78, 5) is 22.7. The van der Waals surface area contributed by atoms with Gasteiger partial charge in [0.05, 0.1) is 11.3 Å². The molecular formula is C13H17BrN2O4. The van der Waals surface area contributed by atoms with Crippen LogP contribution in [-0.4, -0.2) is 37.4 Å². The number of benzene rings is 1. The molecule has 6 nitrogen and oxygen atoms in total. The molecule has 0 unspecified atom stereocenters. The number of hydrogen-bond acceptors (Lipinski definition) is 3. The largest absolute Gasteiger partial charge is 0.478 e. The van der Waals surface area contributed by atoms with Crippen LogP contribution in [0.3, 0.4) is 0 Å². The SMILES string of the molecule is COCCCCNC(=O)Nc1ccc(Br)cc1C(=O)O. The highest BCUT2D eigenvalue weighted by Crippen LogP contribution is 2.21. The van der Waals surface area contributed by atoms with E-state index < -0.39 is 12.0 Å². The number of ether oxygens (including phenoxy) is 1. The average molecular weight is 345 g/mol. The number of carboxylic acids is 1. The summed E-state index contributed by atoms with van der Waals surface area (Å²) in [5, 5.41) is 14.3. The van der Waals surface area contributed by atoms with Crippen molar-refractivity contribution in [2.45, 2.75) is 12.8 Å². The summed E-state index contributed by atoms with van der Waals surface area (Å²) >= 11 is 3.19. The topological polar surface area (TPSA) is 87.7 Å². The van der Waals surface area contributed by atoms with Gasteiger partial charge in [0.25, 0.3) is 0 Å². The van der Waals surface area contributed by atoms with Crippen molar-refractivity contribution in [2.75, 3.05) is 25.6 Å². The summed E-state index contributed by atoms with van der Waals surface area (Å²) in [6, 6.07) is 4.22. The summed E-state index contributed by atoms with van der Waals surface area (Å²) < 4.78 is 5.54. The normalized spacial score (nSPS) is 10.1. The zero-order valence-corrected chi connectivity index (χ0v) is 12.7. The summed E-state index contributed by atoms with van der Waals surface area (Å²) in [5.41, 5.74) is 0.295. The Labute approximate surface area is 125 Å². The smallest absolute Gasteiger partial charge is 0.337 e. The van der Waals surface area contributed by atoms with Gasteiger partial charge in [-0.2, -0.15) is 0 Å². The molecule has 1 aromatic rings. The number of anilines is 1. The molecule has 0 bridgehead atoms. The molecule has 3 N–H and O–H groups in total. The molecule has 0 aromatic heterocycles. The zero-order chi connectivity index (χ0) is 15.0. The van der Waals surface area contributed by atoms with Crippen LogP contribution in [0.2, 0.25) is 0 Å². The second-order valence-electron chi connectivity index (χ2n) is 4.08. The van der Waals surface area contributed by atoms with Crippen LogP contribution in [0, 0.1) is 0 Å². The third-order valence-corrected chi connectivity index (χ3v) is 3.01. The van der Waals surface area contributed by atoms with Crippen LogP contribution >= 0.6 is 15.9 Å². The Kier molecular flexibility index (Phi) is 7.03. The lowest BCUT2D eigenvalue weighted by molar-refractivity contribution is 0.0698. The van der Waals surface area contributed by atoms with E-state index in [0.29, 0.717) is 17.6 Å². The summed E-state index contributed by atoms with van der Waals surface area (Å²) in [7, 11) is 1.63. The molecule has 0 fully saturated rings. The zero-order valence-electron chi connectivity index (χ0n) is 11.1. The first kappa shape index (κ1) is 16.5. The average Bonchev–Trinajstić information content (AvgIpc) is 2.40. The number of carboxylic acid groups (broad SMARTS) is 1. The number of hydrogen-bond donors (Lipinski definition) is 3. The first-order valence-corrected chi connectivity index (χ1v) is 6.90. The van der Waals surface area contributed by atoms with Crippen LogP contribution in [0.4, 0.5) is 10.5 Å². The Morgan fingerprint density at radius 2 is 2.10 bits per heavy atom. The van der Waals surface area contributed by atoms with Crippen LogP contribution in [0.1, 0.15) is 23.2 Å². The fraction of sp³-hybridized carbons (Fsp3) is 0.385. The molecule has 2 amide bonds. The predicted molar refractivity (Wildman–Crippen MR) is 79.2 cm³/mol. The molecule has 0 atom stereocenters. The van der Waals surface area contributed by atoms with E-state index in [1.165, 1.54) is 12.1 Å². The van der Waals surface area contributed by atoms with E-state index in [9.17, 15) is 9.59 Å². The Morgan fingerprint density at radius 3 is 2.75 bits per heavy atom. The van der Waals surface area contributed by atoms with Crippen molar-refractivity contribution >= 4 is 33.6 Å². The van der Waals surface area contributed by atoms with Gasteiger partial charge in [-0.3, -0.25) is 0 Å². The highest BCUT2D eigenvalue weighted by Gasteiger charge is 2.12. The molecule has 0 aliphatic carbocycles. The molecule has 0 heterocycles. The first-order chi connectivity index (χ1) is 9.54. The minimum absolute atomic E-state index is 0.0360. The van der Waals surface area contributed by atoms with Crippen molar-refractivity contribution in [1.29, 1.82) is 0 Å². The van der Waals surface area contributed by atoms with E-state index in [2.05, 4.69) is 26.6 Å². The van der Waals surface area contributed by atoms with Crippen molar-refractivity contribution < 1.29 is 19.4 Å². The molecule has 1 rings (SSSR count). The van der Waals surface area contributed by atoms with E-state index in [1.54, 1.807) is 13.2 Å². The summed E-state index contributed by atoms with van der Waals surface area (Å²) in [6.45, 7) is 1.16. The number of methoxy groups -OCH3 is 1. The highest BCUT2D eigenvalue weighted by molar-refractivity contribution is 9.10. The van der Waals surface area contributed by atoms with Gasteiger partial charge in [0.2, 0.25) is 0 Å². The van der Waals surface area contributed by atoms with Gasteiger partial charge >= 0.3 is 12.0 Å². The third-order valence-electron chi connectivity index (χ3n) is 2.52. The van der Waals surface area contributed by atoms with Gasteiger partial charge in [0, 0.05) is 24.7 Å². The van der Waals surface area contributed by atoms with Gasteiger partial charge in [0.1, 0.15) is 0 Å². The number of carbonyl (C=O) groups excluding carboxylic acids is 1. The number of urea groups is 1. The molecule has 0 spiro atoms. The van der Waals surface area contributed by atoms with Crippen LogP contribution < -0.4 is 10.6 Å². The lowest BCUT2D eigenvalue weighted by Gasteiger charge is -2.10. The fourth-order valence-corrected chi connectivity index (χ4v) is 1.90. The van der Waals surface area contributed by atoms with Crippen LogP contribution in [0.5, 0.6) is 0 Å². The minimum Gasteiger partial charge on any atom is -0.478 e. The molecule has 0 radical (unpaired) electrons. The molecule has 20 heavy (non-hydrogen) atoms. The Morgan fingerprint density at radius 1 is 1.35 bits per heavy atom. The number of rotatable bonds is 7. The number of unbranched alkanes of at least 4 members (excludes halogenated alkanes) is 1. The molecule has 7 heteroatoms. The lowest BCUT2D eigenvalue weighted by Crippen LogP contribution is -2.30. The van der Waals surface area contributed by atoms with E-state index >= 15 is 0 Å². The Balaban J connectivity index is 2.51. The van der Waals surface area contributed by atoms with Crippen LogP contribution in [0.15, 0.2) is 22.7 Å². The van der Waals surface area contributed by atoms with Crippen molar-refractivity contribution in [2.24, 2.45) is 0 Å². The van der Waals surface area contributed by atoms with Crippen molar-refractivity contribution in [3.05, 3.63) is 28.2 Å². The number of halogens is 1. The maximum Gasteiger partial charge on any atom is 0.337 e. The molecule has 0 aliphatic rings. The molecule has 1 aromatic carbocycles. The lowest BCUT2D eigenvalue weighted by atomic mass is 10.2. The summed E-state index contributed by atoms with van der Waals surface area (Å²) in [5.74, 6) is -1.10. The Bertz CT molecular complexity index is 479. The van der Waals surface area contributed by atoms with Crippen molar-refractivity contribution in [3.8, 4) is 0 Å². The number of amides is 2. The monoisotopic (exact) mass is 344 g/mol. The van der Waals surface area contributed by atoms with Gasteiger partial charge < -0.3 is 20.5 Å².